The van der Waals surface area contributed by atoms with E-state index in [4.69, 9.17) is 9.97 Å². The van der Waals surface area contributed by atoms with Gasteiger partial charge in [-0.25, -0.2) is 0 Å². The number of nitrogens with zero attached hydrogens (tertiary/aromatic N) is 5. The molecule has 7 nitrogen and oxygen atoms in total. The molecule has 1 aliphatic heterocycles. The highest BCUT2D eigenvalue weighted by Crippen LogP contribution is 2.36. The summed E-state index contributed by atoms with van der Waals surface area (Å²) in [7, 11) is 2.15. The fourth-order valence-corrected chi connectivity index (χ4v) is 6.97. The molecule has 4 heterocycles. The molecule has 0 spiro atoms. The van der Waals surface area contributed by atoms with Crippen LogP contribution in [0.25, 0.3) is 21.8 Å². The van der Waals surface area contributed by atoms with Gasteiger partial charge in [0.2, 0.25) is 5.91 Å². The second-order valence-corrected chi connectivity index (χ2v) is 12.0. The molecule has 1 aliphatic carbocycles. The second-order valence-electron chi connectivity index (χ2n) is 12.0. The van der Waals surface area contributed by atoms with E-state index in [0.29, 0.717) is 12.6 Å². The third-order valence-electron chi connectivity index (χ3n) is 9.15. The first-order valence-electron chi connectivity index (χ1n) is 15.6. The number of likely N-dealkylation sites (tertiary alicyclic amines) is 1. The minimum absolute atomic E-state index is 0.0854. The molecule has 1 atom stereocenters. The van der Waals surface area contributed by atoms with Crippen molar-refractivity contribution in [3.05, 3.63) is 71.8 Å². The summed E-state index contributed by atoms with van der Waals surface area (Å²) in [6.45, 7) is 6.39. The van der Waals surface area contributed by atoms with E-state index >= 15 is 0 Å². The molecule has 1 N–H and O–H groups in total. The first kappa shape index (κ1) is 27.9. The third kappa shape index (κ3) is 6.02. The fraction of sp³-hybridized carbons (Fsp3) is 0.500. The quantitative estimate of drug-likeness (QED) is 0.250. The molecule has 7 heteroatoms. The van der Waals surface area contributed by atoms with E-state index in [0.717, 1.165) is 75.0 Å². The van der Waals surface area contributed by atoms with Crippen molar-refractivity contribution in [1.29, 1.82) is 0 Å². The summed E-state index contributed by atoms with van der Waals surface area (Å²) in [5.41, 5.74) is 5.85. The van der Waals surface area contributed by atoms with E-state index in [9.17, 15) is 4.79 Å². The van der Waals surface area contributed by atoms with Crippen molar-refractivity contribution in [3.63, 3.8) is 0 Å². The normalized spacial score (nSPS) is 18.3. The number of rotatable bonds is 10. The topological polar surface area (TPSA) is 66.3 Å². The number of piperidine rings is 1. The summed E-state index contributed by atoms with van der Waals surface area (Å²) in [5.74, 6) is 0.0854. The number of carbonyl (C=O) groups excluding carboxylic acids is 1. The van der Waals surface area contributed by atoms with Crippen LogP contribution in [0.15, 0.2) is 54.9 Å². The molecule has 1 saturated heterocycles. The maximum absolute atomic E-state index is 13.5. The number of para-hydroxylation sites is 1. The highest BCUT2D eigenvalue weighted by Gasteiger charge is 2.29. The molecule has 6 rings (SSSR count). The molecule has 41 heavy (non-hydrogen) atoms. The molecule has 216 valence electrons. The average molecular weight is 553 g/mol. The van der Waals surface area contributed by atoms with Crippen LogP contribution in [0.3, 0.4) is 0 Å². The van der Waals surface area contributed by atoms with E-state index in [1.807, 2.05) is 12.4 Å². The van der Waals surface area contributed by atoms with Gasteiger partial charge in [0.05, 0.1) is 22.9 Å². The van der Waals surface area contributed by atoms with Gasteiger partial charge < -0.3 is 14.8 Å². The monoisotopic (exact) mass is 552 g/mol. The minimum atomic E-state index is 0.0854. The highest BCUT2D eigenvalue weighted by molar-refractivity contribution is 6.09. The molecule has 1 aromatic carbocycles. The Kier molecular flexibility index (Phi) is 8.63. The van der Waals surface area contributed by atoms with Gasteiger partial charge in [-0.15, -0.1) is 0 Å². The summed E-state index contributed by atoms with van der Waals surface area (Å²) >= 11 is 0. The number of benzene rings is 1. The van der Waals surface area contributed by atoms with E-state index in [-0.39, 0.29) is 11.9 Å². The standard InChI is InChI=1S/C34H44N6O/c1-3-4-7-20-39(31-14-8-10-25-11-9-18-36-33(25)31)23-29-34-28(15-19-35-29)27-12-5-6-13-30(27)40(34)24-32(41)37-26-16-21-38(2)22-17-26/h5-6,9,11-13,15,18-19,26,31H,3-4,7-8,10,14,16-17,20-24H2,1-2H3,(H,37,41). The lowest BCUT2D eigenvalue weighted by molar-refractivity contribution is -0.122. The number of hydrogen-bond acceptors (Lipinski definition) is 5. The van der Waals surface area contributed by atoms with Gasteiger partial charge >= 0.3 is 0 Å². The first-order valence-corrected chi connectivity index (χ1v) is 15.6. The number of pyridine rings is 2. The fourth-order valence-electron chi connectivity index (χ4n) is 6.97. The zero-order chi connectivity index (χ0) is 28.2. The number of aromatic nitrogens is 3. The van der Waals surface area contributed by atoms with Gasteiger partial charge in [-0.3, -0.25) is 19.7 Å². The van der Waals surface area contributed by atoms with Crippen molar-refractivity contribution >= 4 is 27.7 Å². The van der Waals surface area contributed by atoms with Crippen LogP contribution in [0.5, 0.6) is 0 Å². The van der Waals surface area contributed by atoms with Crippen molar-refractivity contribution in [2.75, 3.05) is 26.7 Å². The maximum Gasteiger partial charge on any atom is 0.240 e. The van der Waals surface area contributed by atoms with Gasteiger partial charge in [0.1, 0.15) is 6.54 Å². The zero-order valence-corrected chi connectivity index (χ0v) is 24.7. The number of unbranched alkanes of at least 4 members (excludes halogenated alkanes) is 2. The van der Waals surface area contributed by atoms with E-state index in [1.54, 1.807) is 0 Å². The number of aryl methyl sites for hydroxylation is 1. The molecular weight excluding hydrogens is 508 g/mol. The van der Waals surface area contributed by atoms with Crippen LogP contribution in [0.4, 0.5) is 0 Å². The number of hydrogen-bond donors (Lipinski definition) is 1. The van der Waals surface area contributed by atoms with Crippen LogP contribution in [-0.4, -0.2) is 63.0 Å². The summed E-state index contributed by atoms with van der Waals surface area (Å²) in [5, 5.41) is 5.69. The van der Waals surface area contributed by atoms with Crippen molar-refractivity contribution in [2.24, 2.45) is 0 Å². The van der Waals surface area contributed by atoms with Gasteiger partial charge in [-0.05, 0) is 89.0 Å². The SMILES string of the molecule is CCCCCN(Cc1nccc2c3ccccc3n(CC(=O)NC3CCN(C)CC3)c12)C1CCCc2cccnc21. The second kappa shape index (κ2) is 12.7. The molecule has 0 bridgehead atoms. The van der Waals surface area contributed by atoms with Gasteiger partial charge in [-0.2, -0.15) is 0 Å². The van der Waals surface area contributed by atoms with Crippen molar-refractivity contribution in [3.8, 4) is 0 Å². The third-order valence-corrected chi connectivity index (χ3v) is 9.15. The molecule has 3 aromatic heterocycles. The Labute approximate surface area is 243 Å². The Morgan fingerprint density at radius 3 is 2.71 bits per heavy atom. The molecule has 2 aliphatic rings. The van der Waals surface area contributed by atoms with Crippen LogP contribution >= 0.6 is 0 Å². The average Bonchev–Trinajstić information content (AvgIpc) is 3.31. The van der Waals surface area contributed by atoms with Crippen LogP contribution in [0, 0.1) is 0 Å². The molecule has 0 radical (unpaired) electrons. The molecular formula is C34H44N6O. The number of fused-ring (bicyclic) bond motifs is 4. The molecule has 1 fully saturated rings. The van der Waals surface area contributed by atoms with Gasteiger partial charge in [0.15, 0.2) is 0 Å². The first-order chi connectivity index (χ1) is 20.1. The summed E-state index contributed by atoms with van der Waals surface area (Å²) in [4.78, 5) is 28.3. The number of carbonyl (C=O) groups is 1. The molecule has 1 unspecified atom stereocenters. The Morgan fingerprint density at radius 1 is 1.00 bits per heavy atom. The van der Waals surface area contributed by atoms with Crippen LogP contribution in [-0.2, 0) is 24.3 Å². The van der Waals surface area contributed by atoms with Crippen molar-refractivity contribution < 1.29 is 4.79 Å². The Morgan fingerprint density at radius 2 is 1.85 bits per heavy atom. The molecule has 1 amide bonds. The number of amides is 1. The van der Waals surface area contributed by atoms with Gasteiger partial charge in [0.25, 0.3) is 0 Å². The lowest BCUT2D eigenvalue weighted by atomic mass is 9.90. The van der Waals surface area contributed by atoms with E-state index < -0.39 is 0 Å². The predicted molar refractivity (Wildman–Crippen MR) is 166 cm³/mol. The van der Waals surface area contributed by atoms with Crippen LogP contribution < -0.4 is 5.32 Å². The van der Waals surface area contributed by atoms with E-state index in [2.05, 4.69) is 76.1 Å². The molecule has 4 aromatic rings. The van der Waals surface area contributed by atoms with Crippen molar-refractivity contribution in [1.82, 2.24) is 29.7 Å². The van der Waals surface area contributed by atoms with Crippen LogP contribution in [0.2, 0.25) is 0 Å². The summed E-state index contributed by atoms with van der Waals surface area (Å²) in [6.07, 6.45) is 12.9. The Bertz CT molecular complexity index is 1490. The highest BCUT2D eigenvalue weighted by atomic mass is 16.2. The van der Waals surface area contributed by atoms with Gasteiger partial charge in [-0.1, -0.05) is 44.0 Å². The maximum atomic E-state index is 13.5. The van der Waals surface area contributed by atoms with Crippen LogP contribution in [0.1, 0.15) is 74.9 Å². The summed E-state index contributed by atoms with van der Waals surface area (Å²) < 4.78 is 2.22. The smallest absolute Gasteiger partial charge is 0.240 e. The predicted octanol–water partition coefficient (Wildman–Crippen LogP) is 5.86. The lowest BCUT2D eigenvalue weighted by Crippen LogP contribution is -2.44. The van der Waals surface area contributed by atoms with E-state index in [1.165, 1.54) is 41.3 Å². The largest absolute Gasteiger partial charge is 0.352 e. The van der Waals surface area contributed by atoms with Gasteiger partial charge in [0, 0.05) is 41.3 Å². The Hall–Kier alpha value is -3.29. The Balaban J connectivity index is 1.35. The lowest BCUT2D eigenvalue weighted by Gasteiger charge is -2.35. The summed E-state index contributed by atoms with van der Waals surface area (Å²) in [6, 6.07) is 15.4. The number of nitrogens with one attached hydrogen (secondary N) is 1. The molecule has 0 saturated carbocycles. The zero-order valence-electron chi connectivity index (χ0n) is 24.7. The van der Waals surface area contributed by atoms with Crippen molar-refractivity contribution in [2.45, 2.75) is 83.5 Å². The minimum Gasteiger partial charge on any atom is -0.352 e.